The van der Waals surface area contributed by atoms with E-state index in [0.717, 1.165) is 29.6 Å². The van der Waals surface area contributed by atoms with Crippen LogP contribution < -0.4 is 0 Å². The van der Waals surface area contributed by atoms with Gasteiger partial charge in [-0.3, -0.25) is 4.79 Å². The van der Waals surface area contributed by atoms with Crippen LogP contribution >= 0.6 is 11.6 Å². The van der Waals surface area contributed by atoms with E-state index in [1.54, 1.807) is 6.20 Å². The largest absolute Gasteiger partial charge is 0.360 e. The molecule has 21 heavy (non-hydrogen) atoms. The van der Waals surface area contributed by atoms with Crippen molar-refractivity contribution >= 4 is 28.4 Å². The zero-order chi connectivity index (χ0) is 15.1. The van der Waals surface area contributed by atoms with Crippen molar-refractivity contribution in [2.75, 3.05) is 27.2 Å². The number of nitrogens with zero attached hydrogens (tertiary/aromatic N) is 2. The summed E-state index contributed by atoms with van der Waals surface area (Å²) in [5, 5.41) is 1.61. The number of aromatic nitrogens is 1. The number of hydrogen-bond acceptors (Lipinski definition) is 2. The number of likely N-dealkylation sites (tertiary alicyclic amines) is 1. The molecule has 2 aromatic rings. The maximum Gasteiger partial charge on any atom is 0.256 e. The molecule has 1 fully saturated rings. The lowest BCUT2D eigenvalue weighted by molar-refractivity contribution is 0.0783. The molecule has 1 N–H and O–H groups in total. The molecule has 0 unspecified atom stereocenters. The zero-order valence-electron chi connectivity index (χ0n) is 12.6. The van der Waals surface area contributed by atoms with Gasteiger partial charge in [-0.2, -0.15) is 0 Å². The number of likely N-dealkylation sites (N-methyl/N-ethyl adjacent to an activating group) is 1. The molecule has 1 aromatic carbocycles. The van der Waals surface area contributed by atoms with Gasteiger partial charge in [0.05, 0.1) is 5.56 Å². The fourth-order valence-corrected chi connectivity index (χ4v) is 3.41. The van der Waals surface area contributed by atoms with E-state index in [2.05, 4.69) is 30.9 Å². The van der Waals surface area contributed by atoms with Crippen LogP contribution in [0, 0.1) is 5.92 Å². The monoisotopic (exact) mass is 305 g/mol. The summed E-state index contributed by atoms with van der Waals surface area (Å²) in [5.41, 5.74) is 1.63. The van der Waals surface area contributed by atoms with Crippen LogP contribution in [0.1, 0.15) is 17.3 Å². The lowest BCUT2D eigenvalue weighted by Gasteiger charge is -2.22. The number of fused-ring (bicyclic) bond motifs is 1. The van der Waals surface area contributed by atoms with E-state index in [-0.39, 0.29) is 5.91 Å². The smallest absolute Gasteiger partial charge is 0.256 e. The number of H-pyrrole nitrogens is 1. The van der Waals surface area contributed by atoms with Crippen LogP contribution in [0.15, 0.2) is 24.4 Å². The molecule has 1 aliphatic heterocycles. The molecule has 0 aliphatic carbocycles. The first-order valence-corrected chi connectivity index (χ1v) is 7.57. The van der Waals surface area contributed by atoms with Gasteiger partial charge in [-0.15, -0.1) is 0 Å². The molecular formula is C16H20ClN3O. The summed E-state index contributed by atoms with van der Waals surface area (Å²) < 4.78 is 0. The standard InChI is InChI=1S/C16H20ClN3O/c1-10-8-20(9-15(10)19(2)3)16(21)13-7-18-14-6-11(17)4-5-12(13)14/h4-7,10,15,18H,8-9H2,1-3H3/t10-,15+/m0/s1. The van der Waals surface area contributed by atoms with Gasteiger partial charge in [0, 0.05) is 41.3 Å². The Balaban J connectivity index is 1.88. The molecule has 5 heteroatoms. The fraction of sp³-hybridized carbons (Fsp3) is 0.438. The fourth-order valence-electron chi connectivity index (χ4n) is 3.23. The third kappa shape index (κ3) is 2.54. The molecule has 3 rings (SSSR count). The zero-order valence-corrected chi connectivity index (χ0v) is 13.3. The predicted molar refractivity (Wildman–Crippen MR) is 85.9 cm³/mol. The Hall–Kier alpha value is -1.52. The van der Waals surface area contributed by atoms with Crippen molar-refractivity contribution in [3.8, 4) is 0 Å². The average Bonchev–Trinajstić information content (AvgIpc) is 3.01. The second-order valence-corrected chi connectivity index (χ2v) is 6.55. The molecule has 0 bridgehead atoms. The van der Waals surface area contributed by atoms with Crippen LogP contribution in [0.25, 0.3) is 10.9 Å². The van der Waals surface area contributed by atoms with Crippen LogP contribution in [-0.4, -0.2) is 53.9 Å². The second-order valence-electron chi connectivity index (χ2n) is 6.11. The first kappa shape index (κ1) is 14.4. The minimum atomic E-state index is 0.0970. The molecule has 1 aliphatic rings. The molecule has 0 saturated carbocycles. The minimum absolute atomic E-state index is 0.0970. The van der Waals surface area contributed by atoms with Gasteiger partial charge in [0.2, 0.25) is 0 Å². The van der Waals surface area contributed by atoms with Gasteiger partial charge in [-0.1, -0.05) is 24.6 Å². The van der Waals surface area contributed by atoms with Gasteiger partial charge in [0.25, 0.3) is 5.91 Å². The molecule has 1 saturated heterocycles. The molecule has 0 spiro atoms. The Kier molecular flexibility index (Phi) is 3.68. The van der Waals surface area contributed by atoms with Crippen LogP contribution in [-0.2, 0) is 0 Å². The van der Waals surface area contributed by atoms with Crippen molar-refractivity contribution in [1.29, 1.82) is 0 Å². The van der Waals surface area contributed by atoms with Crippen molar-refractivity contribution in [1.82, 2.24) is 14.8 Å². The third-order valence-electron chi connectivity index (χ3n) is 4.40. The number of rotatable bonds is 2. The number of benzene rings is 1. The number of aromatic amines is 1. The summed E-state index contributed by atoms with van der Waals surface area (Å²) in [6.07, 6.45) is 1.79. The molecule has 2 atom stereocenters. The van der Waals surface area contributed by atoms with Crippen molar-refractivity contribution in [2.45, 2.75) is 13.0 Å². The number of carbonyl (C=O) groups is 1. The van der Waals surface area contributed by atoms with E-state index < -0.39 is 0 Å². The van der Waals surface area contributed by atoms with E-state index in [9.17, 15) is 4.79 Å². The quantitative estimate of drug-likeness (QED) is 0.926. The summed E-state index contributed by atoms with van der Waals surface area (Å²) >= 11 is 5.99. The highest BCUT2D eigenvalue weighted by molar-refractivity contribution is 6.31. The SMILES string of the molecule is C[C@H]1CN(C(=O)c2c[nH]c3cc(Cl)ccc23)C[C@H]1N(C)C. The average molecular weight is 306 g/mol. The number of halogens is 1. The molecule has 1 aromatic heterocycles. The van der Waals surface area contributed by atoms with Crippen LogP contribution in [0.2, 0.25) is 5.02 Å². The highest BCUT2D eigenvalue weighted by Crippen LogP contribution is 2.26. The van der Waals surface area contributed by atoms with Gasteiger partial charge in [0.15, 0.2) is 0 Å². The van der Waals surface area contributed by atoms with Crippen molar-refractivity contribution in [3.05, 3.63) is 35.0 Å². The summed E-state index contributed by atoms with van der Waals surface area (Å²) in [4.78, 5) is 20.1. The first-order chi connectivity index (χ1) is 9.97. The van der Waals surface area contributed by atoms with E-state index in [1.165, 1.54) is 0 Å². The minimum Gasteiger partial charge on any atom is -0.360 e. The van der Waals surface area contributed by atoms with Crippen molar-refractivity contribution in [2.24, 2.45) is 5.92 Å². The molecule has 4 nitrogen and oxygen atoms in total. The Morgan fingerprint density at radius 2 is 2.14 bits per heavy atom. The summed E-state index contributed by atoms with van der Waals surface area (Å²) in [6, 6.07) is 6.00. The van der Waals surface area contributed by atoms with Crippen LogP contribution in [0.5, 0.6) is 0 Å². The predicted octanol–water partition coefficient (Wildman–Crippen LogP) is 2.84. The maximum absolute atomic E-state index is 12.8. The van der Waals surface area contributed by atoms with Gasteiger partial charge in [-0.05, 0) is 32.1 Å². The molecular weight excluding hydrogens is 286 g/mol. The number of hydrogen-bond donors (Lipinski definition) is 1. The highest BCUT2D eigenvalue weighted by atomic mass is 35.5. The lowest BCUT2D eigenvalue weighted by atomic mass is 10.1. The molecule has 1 amide bonds. The Labute approximate surface area is 129 Å². The van der Waals surface area contributed by atoms with Gasteiger partial charge in [-0.25, -0.2) is 0 Å². The number of amides is 1. The first-order valence-electron chi connectivity index (χ1n) is 7.19. The van der Waals surface area contributed by atoms with Crippen LogP contribution in [0.4, 0.5) is 0 Å². The van der Waals surface area contributed by atoms with Crippen molar-refractivity contribution < 1.29 is 4.79 Å². The van der Waals surface area contributed by atoms with E-state index in [1.807, 2.05) is 23.1 Å². The van der Waals surface area contributed by atoms with Gasteiger partial charge >= 0.3 is 0 Å². The third-order valence-corrected chi connectivity index (χ3v) is 4.63. The highest BCUT2D eigenvalue weighted by Gasteiger charge is 2.34. The number of nitrogens with one attached hydrogen (secondary N) is 1. The van der Waals surface area contributed by atoms with E-state index in [0.29, 0.717) is 17.0 Å². The second kappa shape index (κ2) is 5.35. The molecule has 0 radical (unpaired) electrons. The summed E-state index contributed by atoms with van der Waals surface area (Å²) in [7, 11) is 4.14. The maximum atomic E-state index is 12.8. The Morgan fingerprint density at radius 1 is 1.38 bits per heavy atom. The van der Waals surface area contributed by atoms with Crippen LogP contribution in [0.3, 0.4) is 0 Å². The normalized spacial score (nSPS) is 22.4. The topological polar surface area (TPSA) is 39.3 Å². The van der Waals surface area contributed by atoms with Gasteiger partial charge in [0.1, 0.15) is 0 Å². The van der Waals surface area contributed by atoms with Gasteiger partial charge < -0.3 is 14.8 Å². The van der Waals surface area contributed by atoms with Crippen molar-refractivity contribution in [3.63, 3.8) is 0 Å². The lowest BCUT2D eigenvalue weighted by Crippen LogP contribution is -2.35. The van der Waals surface area contributed by atoms with E-state index >= 15 is 0 Å². The Morgan fingerprint density at radius 3 is 2.81 bits per heavy atom. The van der Waals surface area contributed by atoms with E-state index in [4.69, 9.17) is 11.6 Å². The Bertz CT molecular complexity index is 679. The molecule has 2 heterocycles. The summed E-state index contributed by atoms with van der Waals surface area (Å²) in [6.45, 7) is 3.79. The molecule has 112 valence electrons. The summed E-state index contributed by atoms with van der Waals surface area (Å²) in [5.74, 6) is 0.586. The number of carbonyl (C=O) groups excluding carboxylic acids is 1.